The highest BCUT2D eigenvalue weighted by molar-refractivity contribution is 5.94. The normalized spacial score (nSPS) is 11.6. The fourth-order valence-corrected chi connectivity index (χ4v) is 2.87. The van der Waals surface area contributed by atoms with Crippen molar-refractivity contribution < 1.29 is 9.90 Å². The van der Waals surface area contributed by atoms with Gasteiger partial charge in [-0.05, 0) is 23.6 Å². The molecular formula is C22H22N2O2. The van der Waals surface area contributed by atoms with E-state index in [0.29, 0.717) is 6.42 Å². The second kappa shape index (κ2) is 8.83. The highest BCUT2D eigenvalue weighted by Gasteiger charge is 2.13. The Morgan fingerprint density at radius 1 is 0.846 bits per heavy atom. The van der Waals surface area contributed by atoms with Crippen molar-refractivity contribution in [2.45, 2.75) is 12.5 Å². The summed E-state index contributed by atoms with van der Waals surface area (Å²) in [5.74, 6) is 0. The summed E-state index contributed by atoms with van der Waals surface area (Å²) in [6.07, 6.45) is 0.574. The number of aliphatic hydroxyl groups is 1. The third kappa shape index (κ3) is 4.71. The van der Waals surface area contributed by atoms with E-state index in [9.17, 15) is 9.90 Å². The molecule has 3 rings (SSSR count). The Hall–Kier alpha value is -3.11. The molecule has 0 fully saturated rings. The zero-order chi connectivity index (χ0) is 18.2. The Bertz CT molecular complexity index is 835. The Balaban J connectivity index is 1.68. The standard InChI is InChI=1S/C22H22N2O2/c25-16-19(15-17-9-3-1-4-10-17)23-22(26)24-21-14-8-7-13-20(21)18-11-5-2-6-12-18/h1-14,19,25H,15-16H2,(H2,23,24,26). The van der Waals surface area contributed by atoms with Crippen LogP contribution in [-0.4, -0.2) is 23.8 Å². The van der Waals surface area contributed by atoms with Crippen molar-refractivity contribution in [1.82, 2.24) is 5.32 Å². The molecule has 1 atom stereocenters. The van der Waals surface area contributed by atoms with E-state index >= 15 is 0 Å². The van der Waals surface area contributed by atoms with Crippen molar-refractivity contribution in [1.29, 1.82) is 0 Å². The molecule has 0 aliphatic heterocycles. The van der Waals surface area contributed by atoms with Crippen LogP contribution in [-0.2, 0) is 6.42 Å². The molecule has 4 heteroatoms. The van der Waals surface area contributed by atoms with Crippen molar-refractivity contribution in [3.8, 4) is 11.1 Å². The highest BCUT2D eigenvalue weighted by Crippen LogP contribution is 2.27. The lowest BCUT2D eigenvalue weighted by Crippen LogP contribution is -2.41. The maximum absolute atomic E-state index is 12.4. The van der Waals surface area contributed by atoms with Crippen molar-refractivity contribution in [2.24, 2.45) is 0 Å². The number of benzene rings is 3. The molecule has 0 aliphatic carbocycles. The zero-order valence-electron chi connectivity index (χ0n) is 14.4. The van der Waals surface area contributed by atoms with E-state index in [1.807, 2.05) is 84.9 Å². The number of hydrogen-bond acceptors (Lipinski definition) is 2. The van der Waals surface area contributed by atoms with Crippen LogP contribution < -0.4 is 10.6 Å². The minimum absolute atomic E-state index is 0.122. The molecule has 0 radical (unpaired) electrons. The number of carbonyl (C=O) groups excluding carboxylic acids is 1. The number of amides is 2. The third-order valence-electron chi connectivity index (χ3n) is 4.14. The number of para-hydroxylation sites is 1. The van der Waals surface area contributed by atoms with Crippen LogP contribution in [0.2, 0.25) is 0 Å². The van der Waals surface area contributed by atoms with Crippen LogP contribution in [0.4, 0.5) is 10.5 Å². The van der Waals surface area contributed by atoms with Gasteiger partial charge in [0.05, 0.1) is 18.3 Å². The maximum Gasteiger partial charge on any atom is 0.319 e. The van der Waals surface area contributed by atoms with Crippen molar-refractivity contribution in [3.63, 3.8) is 0 Å². The molecule has 0 spiro atoms. The number of urea groups is 1. The first-order chi connectivity index (χ1) is 12.8. The molecule has 0 saturated heterocycles. The van der Waals surface area contributed by atoms with Gasteiger partial charge in [0.25, 0.3) is 0 Å². The Morgan fingerprint density at radius 2 is 1.46 bits per heavy atom. The zero-order valence-corrected chi connectivity index (χ0v) is 14.4. The summed E-state index contributed by atoms with van der Waals surface area (Å²) in [5.41, 5.74) is 3.78. The van der Waals surface area contributed by atoms with Crippen molar-refractivity contribution in [2.75, 3.05) is 11.9 Å². The van der Waals surface area contributed by atoms with Gasteiger partial charge in [-0.1, -0.05) is 78.9 Å². The fraction of sp³-hybridized carbons (Fsp3) is 0.136. The molecule has 2 amide bonds. The molecular weight excluding hydrogens is 324 g/mol. The van der Waals surface area contributed by atoms with Crippen molar-refractivity contribution in [3.05, 3.63) is 90.5 Å². The minimum atomic E-state index is -0.346. The largest absolute Gasteiger partial charge is 0.394 e. The lowest BCUT2D eigenvalue weighted by Gasteiger charge is -2.18. The molecule has 0 bridgehead atoms. The molecule has 3 aromatic carbocycles. The molecule has 1 unspecified atom stereocenters. The van der Waals surface area contributed by atoms with E-state index in [4.69, 9.17) is 0 Å². The average Bonchev–Trinajstić information content (AvgIpc) is 2.69. The number of rotatable bonds is 6. The molecule has 4 nitrogen and oxygen atoms in total. The van der Waals surface area contributed by atoms with Gasteiger partial charge in [-0.2, -0.15) is 0 Å². The molecule has 26 heavy (non-hydrogen) atoms. The Labute approximate surface area is 153 Å². The summed E-state index contributed by atoms with van der Waals surface area (Å²) in [5, 5.41) is 15.3. The van der Waals surface area contributed by atoms with Gasteiger partial charge in [0.1, 0.15) is 0 Å². The van der Waals surface area contributed by atoms with Gasteiger partial charge in [-0.15, -0.1) is 0 Å². The number of nitrogens with one attached hydrogen (secondary N) is 2. The maximum atomic E-state index is 12.4. The SMILES string of the molecule is O=C(Nc1ccccc1-c1ccccc1)NC(CO)Cc1ccccc1. The summed E-state index contributed by atoms with van der Waals surface area (Å²) in [6.45, 7) is -0.122. The van der Waals surface area contributed by atoms with Crippen LogP contribution in [0.1, 0.15) is 5.56 Å². The van der Waals surface area contributed by atoms with Crippen LogP contribution >= 0.6 is 0 Å². The van der Waals surface area contributed by atoms with E-state index in [-0.39, 0.29) is 18.7 Å². The van der Waals surface area contributed by atoms with Crippen molar-refractivity contribution >= 4 is 11.7 Å². The van der Waals surface area contributed by atoms with Gasteiger partial charge >= 0.3 is 6.03 Å². The van der Waals surface area contributed by atoms with Gasteiger partial charge < -0.3 is 15.7 Å². The minimum Gasteiger partial charge on any atom is -0.394 e. The molecule has 0 heterocycles. The van der Waals surface area contributed by atoms with E-state index < -0.39 is 0 Å². The summed E-state index contributed by atoms with van der Waals surface area (Å²) in [4.78, 5) is 12.4. The predicted octanol–water partition coefficient (Wildman–Crippen LogP) is 4.08. The quantitative estimate of drug-likeness (QED) is 0.630. The first kappa shape index (κ1) is 17.7. The second-order valence-electron chi connectivity index (χ2n) is 6.08. The smallest absolute Gasteiger partial charge is 0.319 e. The summed E-state index contributed by atoms with van der Waals surface area (Å²) >= 11 is 0. The summed E-state index contributed by atoms with van der Waals surface area (Å²) < 4.78 is 0. The van der Waals surface area contributed by atoms with Crippen LogP contribution in [0.15, 0.2) is 84.9 Å². The van der Waals surface area contributed by atoms with Gasteiger partial charge in [-0.25, -0.2) is 4.79 Å². The van der Waals surface area contributed by atoms with E-state index in [1.54, 1.807) is 0 Å². The average molecular weight is 346 g/mol. The first-order valence-electron chi connectivity index (χ1n) is 8.63. The molecule has 3 aromatic rings. The van der Waals surface area contributed by atoms with Crippen LogP contribution in [0, 0.1) is 0 Å². The highest BCUT2D eigenvalue weighted by atomic mass is 16.3. The number of carbonyl (C=O) groups is 1. The van der Waals surface area contributed by atoms with Gasteiger partial charge in [0.15, 0.2) is 0 Å². The van der Waals surface area contributed by atoms with E-state index in [2.05, 4.69) is 10.6 Å². The van der Waals surface area contributed by atoms with Crippen LogP contribution in [0.3, 0.4) is 0 Å². The van der Waals surface area contributed by atoms with Gasteiger partial charge in [-0.3, -0.25) is 0 Å². The fourth-order valence-electron chi connectivity index (χ4n) is 2.87. The number of anilines is 1. The molecule has 0 aromatic heterocycles. The van der Waals surface area contributed by atoms with E-state index in [0.717, 1.165) is 22.4 Å². The molecule has 132 valence electrons. The third-order valence-corrected chi connectivity index (χ3v) is 4.14. The molecule has 0 saturated carbocycles. The lowest BCUT2D eigenvalue weighted by atomic mass is 10.0. The Morgan fingerprint density at radius 3 is 2.15 bits per heavy atom. The first-order valence-corrected chi connectivity index (χ1v) is 8.63. The van der Waals surface area contributed by atoms with Gasteiger partial charge in [0.2, 0.25) is 0 Å². The Kier molecular flexibility index (Phi) is 6.01. The van der Waals surface area contributed by atoms with Gasteiger partial charge in [0, 0.05) is 5.56 Å². The van der Waals surface area contributed by atoms with Crippen LogP contribution in [0.25, 0.3) is 11.1 Å². The van der Waals surface area contributed by atoms with E-state index in [1.165, 1.54) is 0 Å². The number of hydrogen-bond donors (Lipinski definition) is 3. The summed E-state index contributed by atoms with van der Waals surface area (Å²) in [7, 11) is 0. The molecule has 0 aliphatic rings. The predicted molar refractivity (Wildman–Crippen MR) is 105 cm³/mol. The monoisotopic (exact) mass is 346 g/mol. The lowest BCUT2D eigenvalue weighted by molar-refractivity contribution is 0.224. The molecule has 3 N–H and O–H groups in total. The number of aliphatic hydroxyl groups excluding tert-OH is 1. The summed E-state index contributed by atoms with van der Waals surface area (Å²) in [6, 6.07) is 26.7. The second-order valence-corrected chi connectivity index (χ2v) is 6.08. The topological polar surface area (TPSA) is 61.4 Å². The van der Waals surface area contributed by atoms with Crippen LogP contribution in [0.5, 0.6) is 0 Å².